The SMILES string of the molecule is CCC(C)N(C)c1c(F)cccc1CNC(C)C. The zero-order valence-electron chi connectivity index (χ0n) is 12.1. The van der Waals surface area contributed by atoms with Crippen molar-refractivity contribution < 1.29 is 4.39 Å². The molecular formula is C15H25FN2. The molecule has 0 radical (unpaired) electrons. The minimum Gasteiger partial charge on any atom is -0.369 e. The zero-order valence-corrected chi connectivity index (χ0v) is 12.1. The third-order valence-corrected chi connectivity index (χ3v) is 3.38. The van der Waals surface area contributed by atoms with E-state index in [-0.39, 0.29) is 5.82 Å². The Bertz CT molecular complexity index is 377. The Kier molecular flexibility index (Phi) is 5.60. The van der Waals surface area contributed by atoms with Gasteiger partial charge < -0.3 is 10.2 Å². The molecule has 18 heavy (non-hydrogen) atoms. The van der Waals surface area contributed by atoms with Crippen molar-refractivity contribution >= 4 is 5.69 Å². The Labute approximate surface area is 110 Å². The summed E-state index contributed by atoms with van der Waals surface area (Å²) in [7, 11) is 1.96. The van der Waals surface area contributed by atoms with Gasteiger partial charge in [-0.15, -0.1) is 0 Å². The first kappa shape index (κ1) is 15.0. The summed E-state index contributed by atoms with van der Waals surface area (Å²) in [5, 5.41) is 3.35. The largest absolute Gasteiger partial charge is 0.369 e. The topological polar surface area (TPSA) is 15.3 Å². The van der Waals surface area contributed by atoms with E-state index in [0.717, 1.165) is 17.7 Å². The molecule has 1 aromatic rings. The molecule has 0 amide bonds. The predicted molar refractivity (Wildman–Crippen MR) is 76.5 cm³/mol. The van der Waals surface area contributed by atoms with Crippen molar-refractivity contribution in [1.29, 1.82) is 0 Å². The first-order valence-electron chi connectivity index (χ1n) is 6.71. The third-order valence-electron chi connectivity index (χ3n) is 3.38. The van der Waals surface area contributed by atoms with Crippen LogP contribution < -0.4 is 10.2 Å². The van der Waals surface area contributed by atoms with Crippen LogP contribution in [0.15, 0.2) is 18.2 Å². The highest BCUT2D eigenvalue weighted by Crippen LogP contribution is 2.25. The summed E-state index contributed by atoms with van der Waals surface area (Å²) in [6.07, 6.45) is 1.00. The molecule has 1 N–H and O–H groups in total. The van der Waals surface area contributed by atoms with Gasteiger partial charge in [0.25, 0.3) is 0 Å². The van der Waals surface area contributed by atoms with Gasteiger partial charge in [0.05, 0.1) is 5.69 Å². The zero-order chi connectivity index (χ0) is 13.7. The van der Waals surface area contributed by atoms with Crippen LogP contribution in [-0.4, -0.2) is 19.1 Å². The number of benzene rings is 1. The lowest BCUT2D eigenvalue weighted by Crippen LogP contribution is -2.31. The number of halogens is 1. The third kappa shape index (κ3) is 3.70. The van der Waals surface area contributed by atoms with Crippen molar-refractivity contribution in [1.82, 2.24) is 5.32 Å². The standard InChI is InChI=1S/C15H25FN2/c1-6-12(4)18(5)15-13(10-17-11(2)3)8-7-9-14(15)16/h7-9,11-12,17H,6,10H2,1-5H3. The molecule has 0 bridgehead atoms. The van der Waals surface area contributed by atoms with Gasteiger partial charge in [0, 0.05) is 25.7 Å². The monoisotopic (exact) mass is 252 g/mol. The molecule has 0 aliphatic carbocycles. The van der Waals surface area contributed by atoms with Crippen LogP contribution in [0.25, 0.3) is 0 Å². The van der Waals surface area contributed by atoms with Crippen LogP contribution in [-0.2, 0) is 6.54 Å². The van der Waals surface area contributed by atoms with Gasteiger partial charge in [-0.3, -0.25) is 0 Å². The van der Waals surface area contributed by atoms with E-state index in [2.05, 4.69) is 33.0 Å². The second-order valence-corrected chi connectivity index (χ2v) is 5.15. The first-order valence-corrected chi connectivity index (χ1v) is 6.71. The van der Waals surface area contributed by atoms with Crippen molar-refractivity contribution in [3.8, 4) is 0 Å². The Morgan fingerprint density at radius 3 is 2.50 bits per heavy atom. The van der Waals surface area contributed by atoms with Gasteiger partial charge in [-0.1, -0.05) is 32.9 Å². The Morgan fingerprint density at radius 2 is 1.94 bits per heavy atom. The average Bonchev–Trinajstić information content (AvgIpc) is 2.34. The van der Waals surface area contributed by atoms with Gasteiger partial charge in [-0.05, 0) is 25.0 Å². The van der Waals surface area contributed by atoms with Gasteiger partial charge >= 0.3 is 0 Å². The first-order chi connectivity index (χ1) is 8.47. The number of rotatable bonds is 6. The van der Waals surface area contributed by atoms with Crippen LogP contribution in [0.5, 0.6) is 0 Å². The molecule has 0 heterocycles. The van der Waals surface area contributed by atoms with E-state index in [9.17, 15) is 4.39 Å². The Balaban J connectivity index is 3.00. The number of anilines is 1. The molecule has 0 aliphatic rings. The van der Waals surface area contributed by atoms with Crippen molar-refractivity contribution in [3.05, 3.63) is 29.6 Å². The Morgan fingerprint density at radius 1 is 1.28 bits per heavy atom. The summed E-state index contributed by atoms with van der Waals surface area (Å²) >= 11 is 0. The lowest BCUT2D eigenvalue weighted by molar-refractivity contribution is 0.570. The van der Waals surface area contributed by atoms with Crippen LogP contribution in [0, 0.1) is 5.82 Å². The van der Waals surface area contributed by atoms with E-state index in [0.29, 0.717) is 18.6 Å². The fourth-order valence-electron chi connectivity index (χ4n) is 1.91. The van der Waals surface area contributed by atoms with Gasteiger partial charge in [-0.25, -0.2) is 4.39 Å². The van der Waals surface area contributed by atoms with Gasteiger partial charge in [0.1, 0.15) is 5.82 Å². The van der Waals surface area contributed by atoms with E-state index in [1.54, 1.807) is 6.07 Å². The summed E-state index contributed by atoms with van der Waals surface area (Å²) in [4.78, 5) is 2.03. The van der Waals surface area contributed by atoms with Crippen LogP contribution in [0.3, 0.4) is 0 Å². The van der Waals surface area contributed by atoms with E-state index in [1.165, 1.54) is 6.07 Å². The van der Waals surface area contributed by atoms with Gasteiger partial charge in [0.2, 0.25) is 0 Å². The molecule has 102 valence electrons. The number of hydrogen-bond acceptors (Lipinski definition) is 2. The molecule has 0 aromatic heterocycles. The smallest absolute Gasteiger partial charge is 0.146 e. The van der Waals surface area contributed by atoms with Crippen LogP contribution in [0.2, 0.25) is 0 Å². The fraction of sp³-hybridized carbons (Fsp3) is 0.600. The van der Waals surface area contributed by atoms with E-state index >= 15 is 0 Å². The second kappa shape index (κ2) is 6.74. The van der Waals surface area contributed by atoms with Crippen LogP contribution in [0.4, 0.5) is 10.1 Å². The fourth-order valence-corrected chi connectivity index (χ4v) is 1.91. The number of nitrogens with zero attached hydrogens (tertiary/aromatic N) is 1. The molecule has 1 atom stereocenters. The lowest BCUT2D eigenvalue weighted by atomic mass is 10.1. The summed E-state index contributed by atoms with van der Waals surface area (Å²) in [6, 6.07) is 6.04. The minimum absolute atomic E-state index is 0.138. The van der Waals surface area contributed by atoms with Crippen LogP contribution in [0.1, 0.15) is 39.7 Å². The van der Waals surface area contributed by atoms with Crippen molar-refractivity contribution in [2.45, 2.75) is 52.7 Å². The molecular weight excluding hydrogens is 227 g/mol. The number of hydrogen-bond donors (Lipinski definition) is 1. The quantitative estimate of drug-likeness (QED) is 0.833. The normalized spacial score (nSPS) is 12.8. The molecule has 1 unspecified atom stereocenters. The van der Waals surface area contributed by atoms with Crippen molar-refractivity contribution in [2.75, 3.05) is 11.9 Å². The molecule has 0 saturated heterocycles. The number of nitrogens with one attached hydrogen (secondary N) is 1. The number of para-hydroxylation sites is 1. The second-order valence-electron chi connectivity index (χ2n) is 5.15. The lowest BCUT2D eigenvalue weighted by Gasteiger charge is -2.29. The molecule has 0 spiro atoms. The summed E-state index contributed by atoms with van der Waals surface area (Å²) in [5.41, 5.74) is 1.74. The maximum atomic E-state index is 14.1. The highest BCUT2D eigenvalue weighted by Gasteiger charge is 2.16. The molecule has 2 nitrogen and oxygen atoms in total. The van der Waals surface area contributed by atoms with E-state index in [1.807, 2.05) is 18.0 Å². The molecule has 0 aliphatic heterocycles. The Hall–Kier alpha value is -1.09. The van der Waals surface area contributed by atoms with Crippen molar-refractivity contribution in [3.63, 3.8) is 0 Å². The minimum atomic E-state index is -0.138. The van der Waals surface area contributed by atoms with Crippen molar-refractivity contribution in [2.24, 2.45) is 0 Å². The summed E-state index contributed by atoms with van der Waals surface area (Å²) < 4.78 is 14.1. The van der Waals surface area contributed by atoms with E-state index < -0.39 is 0 Å². The average molecular weight is 252 g/mol. The summed E-state index contributed by atoms with van der Waals surface area (Å²) in [6.45, 7) is 9.13. The molecule has 3 heteroatoms. The van der Waals surface area contributed by atoms with Gasteiger partial charge in [0.15, 0.2) is 0 Å². The van der Waals surface area contributed by atoms with Crippen LogP contribution >= 0.6 is 0 Å². The summed E-state index contributed by atoms with van der Waals surface area (Å²) in [5.74, 6) is -0.138. The maximum Gasteiger partial charge on any atom is 0.146 e. The predicted octanol–water partition coefficient (Wildman–Crippen LogP) is 3.56. The highest BCUT2D eigenvalue weighted by molar-refractivity contribution is 5.55. The van der Waals surface area contributed by atoms with Gasteiger partial charge in [-0.2, -0.15) is 0 Å². The maximum absolute atomic E-state index is 14.1. The highest BCUT2D eigenvalue weighted by atomic mass is 19.1. The molecule has 1 rings (SSSR count). The van der Waals surface area contributed by atoms with E-state index in [4.69, 9.17) is 0 Å². The molecule has 0 fully saturated rings. The molecule has 0 saturated carbocycles. The molecule has 1 aromatic carbocycles.